The van der Waals surface area contributed by atoms with Gasteiger partial charge in [0.1, 0.15) is 6.04 Å². The van der Waals surface area contributed by atoms with E-state index in [-0.39, 0.29) is 17.9 Å². The van der Waals surface area contributed by atoms with E-state index in [9.17, 15) is 9.59 Å². The number of carbonyl (C=O) groups is 2. The molecule has 2 aliphatic rings. The van der Waals surface area contributed by atoms with E-state index in [1.807, 2.05) is 11.8 Å². The van der Waals surface area contributed by atoms with Crippen molar-refractivity contribution in [3.05, 3.63) is 0 Å². The van der Waals surface area contributed by atoms with Crippen LogP contribution in [0.3, 0.4) is 0 Å². The van der Waals surface area contributed by atoms with Crippen LogP contribution in [-0.4, -0.2) is 60.4 Å². The van der Waals surface area contributed by atoms with Crippen LogP contribution in [0.5, 0.6) is 0 Å². The van der Waals surface area contributed by atoms with Crippen LogP contribution in [0.25, 0.3) is 0 Å². The second-order valence-electron chi connectivity index (χ2n) is 5.94. The zero-order valence-corrected chi connectivity index (χ0v) is 12.7. The molecule has 2 amide bonds. The highest BCUT2D eigenvalue weighted by atomic mass is 16.2. The molecular formula is C15H27N3O2. The maximum absolute atomic E-state index is 12.4. The first-order chi connectivity index (χ1) is 9.63. The number of hydrogen-bond donors (Lipinski definition) is 1. The fraction of sp³-hybridized carbons (Fsp3) is 0.867. The Kier molecular flexibility index (Phi) is 5.40. The normalized spacial score (nSPS) is 26.5. The van der Waals surface area contributed by atoms with Crippen LogP contribution in [0, 0.1) is 5.92 Å². The van der Waals surface area contributed by atoms with Gasteiger partial charge in [-0.05, 0) is 44.8 Å². The predicted molar refractivity (Wildman–Crippen MR) is 78.3 cm³/mol. The van der Waals surface area contributed by atoms with Crippen molar-refractivity contribution >= 4 is 11.8 Å². The van der Waals surface area contributed by atoms with Gasteiger partial charge in [-0.25, -0.2) is 0 Å². The Hall–Kier alpha value is -1.10. The largest absolute Gasteiger partial charge is 0.344 e. The Bertz CT molecular complexity index is 351. The Morgan fingerprint density at radius 1 is 1.15 bits per heavy atom. The number of likely N-dealkylation sites (tertiary alicyclic amines) is 1. The lowest BCUT2D eigenvalue weighted by Gasteiger charge is -2.34. The highest BCUT2D eigenvalue weighted by Crippen LogP contribution is 2.19. The first-order valence-corrected chi connectivity index (χ1v) is 7.94. The smallest absolute Gasteiger partial charge is 0.245 e. The van der Waals surface area contributed by atoms with Crippen LogP contribution in [0.2, 0.25) is 0 Å². The topological polar surface area (TPSA) is 52.7 Å². The van der Waals surface area contributed by atoms with E-state index >= 15 is 0 Å². The van der Waals surface area contributed by atoms with Crippen LogP contribution in [0.1, 0.15) is 39.5 Å². The molecule has 2 aliphatic heterocycles. The van der Waals surface area contributed by atoms with E-state index in [2.05, 4.69) is 17.1 Å². The molecule has 0 spiro atoms. The van der Waals surface area contributed by atoms with Crippen molar-refractivity contribution in [2.75, 3.05) is 32.7 Å². The molecule has 20 heavy (non-hydrogen) atoms. The summed E-state index contributed by atoms with van der Waals surface area (Å²) < 4.78 is 0. The molecule has 1 unspecified atom stereocenters. The number of rotatable bonds is 4. The summed E-state index contributed by atoms with van der Waals surface area (Å²) in [6.45, 7) is 8.94. The summed E-state index contributed by atoms with van der Waals surface area (Å²) in [6, 6.07) is -0.319. The lowest BCUT2D eigenvalue weighted by Crippen LogP contribution is -2.46. The Morgan fingerprint density at radius 2 is 1.85 bits per heavy atom. The average Bonchev–Trinajstić information content (AvgIpc) is 2.61. The third-order valence-corrected chi connectivity index (χ3v) is 4.59. The molecule has 5 nitrogen and oxygen atoms in total. The highest BCUT2D eigenvalue weighted by Gasteiger charge is 2.30. The van der Waals surface area contributed by atoms with Crippen molar-refractivity contribution < 1.29 is 9.59 Å². The number of hydrogen-bond acceptors (Lipinski definition) is 3. The molecule has 114 valence electrons. The second-order valence-corrected chi connectivity index (χ2v) is 5.94. The Labute approximate surface area is 121 Å². The summed E-state index contributed by atoms with van der Waals surface area (Å²) in [5, 5.41) is 2.82. The van der Waals surface area contributed by atoms with Crippen molar-refractivity contribution in [3.8, 4) is 0 Å². The SMILES string of the molecule is CCC1NC(=O)CCN(CC2CCN(CC)CC2)C1=O. The number of amides is 2. The lowest BCUT2D eigenvalue weighted by atomic mass is 9.96. The van der Waals surface area contributed by atoms with E-state index < -0.39 is 0 Å². The van der Waals surface area contributed by atoms with Crippen molar-refractivity contribution in [3.63, 3.8) is 0 Å². The molecule has 0 aliphatic carbocycles. The van der Waals surface area contributed by atoms with Crippen LogP contribution < -0.4 is 5.32 Å². The molecular weight excluding hydrogens is 254 g/mol. The molecule has 0 aromatic heterocycles. The molecule has 0 aromatic rings. The van der Waals surface area contributed by atoms with Crippen LogP contribution in [-0.2, 0) is 9.59 Å². The van der Waals surface area contributed by atoms with Crippen molar-refractivity contribution in [2.24, 2.45) is 5.92 Å². The molecule has 0 aromatic carbocycles. The van der Waals surface area contributed by atoms with E-state index in [1.54, 1.807) is 0 Å². The van der Waals surface area contributed by atoms with Crippen LogP contribution in [0.4, 0.5) is 0 Å². The maximum Gasteiger partial charge on any atom is 0.245 e. The molecule has 2 heterocycles. The van der Waals surface area contributed by atoms with Gasteiger partial charge in [-0.3, -0.25) is 9.59 Å². The predicted octanol–water partition coefficient (Wildman–Crippen LogP) is 0.845. The first-order valence-electron chi connectivity index (χ1n) is 7.94. The first kappa shape index (κ1) is 15.3. The molecule has 0 radical (unpaired) electrons. The summed E-state index contributed by atoms with van der Waals surface area (Å²) in [4.78, 5) is 28.4. The van der Waals surface area contributed by atoms with Gasteiger partial charge in [-0.2, -0.15) is 0 Å². The summed E-state index contributed by atoms with van der Waals surface area (Å²) in [7, 11) is 0. The monoisotopic (exact) mass is 281 g/mol. The Morgan fingerprint density at radius 3 is 2.45 bits per heavy atom. The van der Waals surface area contributed by atoms with Gasteiger partial charge in [0.25, 0.3) is 0 Å². The zero-order chi connectivity index (χ0) is 14.5. The van der Waals surface area contributed by atoms with Gasteiger partial charge in [0.05, 0.1) is 0 Å². The van der Waals surface area contributed by atoms with Gasteiger partial charge in [-0.1, -0.05) is 13.8 Å². The van der Waals surface area contributed by atoms with Gasteiger partial charge in [0.2, 0.25) is 11.8 Å². The van der Waals surface area contributed by atoms with E-state index in [1.165, 1.54) is 0 Å². The lowest BCUT2D eigenvalue weighted by molar-refractivity contribution is -0.134. The molecule has 0 bridgehead atoms. The number of nitrogens with one attached hydrogen (secondary N) is 1. The van der Waals surface area contributed by atoms with Gasteiger partial charge in [0.15, 0.2) is 0 Å². The van der Waals surface area contributed by atoms with Crippen LogP contribution >= 0.6 is 0 Å². The number of piperidine rings is 1. The summed E-state index contributed by atoms with van der Waals surface area (Å²) >= 11 is 0. The van der Waals surface area contributed by atoms with E-state index in [4.69, 9.17) is 0 Å². The highest BCUT2D eigenvalue weighted by molar-refractivity contribution is 5.89. The molecule has 1 N–H and O–H groups in total. The van der Waals surface area contributed by atoms with Gasteiger partial charge < -0.3 is 15.1 Å². The van der Waals surface area contributed by atoms with Crippen molar-refractivity contribution in [1.29, 1.82) is 0 Å². The minimum atomic E-state index is -0.319. The molecule has 0 saturated carbocycles. The van der Waals surface area contributed by atoms with Gasteiger partial charge in [-0.15, -0.1) is 0 Å². The molecule has 2 saturated heterocycles. The Balaban J connectivity index is 1.90. The third kappa shape index (κ3) is 3.72. The summed E-state index contributed by atoms with van der Waals surface area (Å²) in [5.74, 6) is 0.706. The fourth-order valence-electron chi connectivity index (χ4n) is 3.15. The summed E-state index contributed by atoms with van der Waals surface area (Å²) in [6.07, 6.45) is 3.44. The molecule has 1 atom stereocenters. The van der Waals surface area contributed by atoms with Crippen LogP contribution in [0.15, 0.2) is 0 Å². The van der Waals surface area contributed by atoms with Crippen molar-refractivity contribution in [1.82, 2.24) is 15.1 Å². The zero-order valence-electron chi connectivity index (χ0n) is 12.7. The number of nitrogens with zero attached hydrogens (tertiary/aromatic N) is 2. The second kappa shape index (κ2) is 7.07. The van der Waals surface area contributed by atoms with Gasteiger partial charge >= 0.3 is 0 Å². The average molecular weight is 281 g/mol. The van der Waals surface area contributed by atoms with E-state index in [0.29, 0.717) is 25.3 Å². The fourth-order valence-corrected chi connectivity index (χ4v) is 3.15. The third-order valence-electron chi connectivity index (χ3n) is 4.59. The standard InChI is InChI=1S/C15H27N3O2/c1-3-13-15(20)18(10-7-14(19)16-13)11-12-5-8-17(4-2)9-6-12/h12-13H,3-11H2,1-2H3,(H,16,19). The summed E-state index contributed by atoms with van der Waals surface area (Å²) in [5.41, 5.74) is 0. The minimum absolute atomic E-state index is 0.00787. The maximum atomic E-state index is 12.4. The number of carbonyl (C=O) groups excluding carboxylic acids is 2. The van der Waals surface area contributed by atoms with Crippen molar-refractivity contribution in [2.45, 2.75) is 45.6 Å². The molecule has 5 heteroatoms. The van der Waals surface area contributed by atoms with Gasteiger partial charge in [0, 0.05) is 19.5 Å². The molecule has 2 fully saturated rings. The molecule has 2 rings (SSSR count). The quantitative estimate of drug-likeness (QED) is 0.831. The minimum Gasteiger partial charge on any atom is -0.344 e. The van der Waals surface area contributed by atoms with E-state index in [0.717, 1.165) is 39.0 Å².